The van der Waals surface area contributed by atoms with E-state index in [2.05, 4.69) is 31.0 Å². The molecule has 72 valence electrons. The van der Waals surface area contributed by atoms with Crippen molar-refractivity contribution in [2.24, 2.45) is 0 Å². The molecule has 0 spiro atoms. The summed E-state index contributed by atoms with van der Waals surface area (Å²) in [7, 11) is 0. The SMILES string of the molecule is C=CC1CC(=N)CN1C(C)/C=C/S. The van der Waals surface area contributed by atoms with Gasteiger partial charge in [-0.2, -0.15) is 12.6 Å². The summed E-state index contributed by atoms with van der Waals surface area (Å²) in [4.78, 5) is 2.25. The van der Waals surface area contributed by atoms with Gasteiger partial charge in [0.05, 0.1) is 0 Å². The van der Waals surface area contributed by atoms with Gasteiger partial charge in [-0.3, -0.25) is 4.90 Å². The molecule has 1 N–H and O–H groups in total. The molecule has 0 bridgehead atoms. The highest BCUT2D eigenvalue weighted by Gasteiger charge is 2.28. The minimum absolute atomic E-state index is 0.326. The zero-order valence-electron chi connectivity index (χ0n) is 7.90. The van der Waals surface area contributed by atoms with Crippen molar-refractivity contribution in [1.29, 1.82) is 5.41 Å². The molecule has 0 radical (unpaired) electrons. The number of hydrogen-bond acceptors (Lipinski definition) is 3. The van der Waals surface area contributed by atoms with Crippen molar-refractivity contribution in [2.45, 2.75) is 25.4 Å². The van der Waals surface area contributed by atoms with Gasteiger partial charge < -0.3 is 5.41 Å². The van der Waals surface area contributed by atoms with Gasteiger partial charge in [0.25, 0.3) is 0 Å². The van der Waals surface area contributed by atoms with Crippen LogP contribution >= 0.6 is 12.6 Å². The van der Waals surface area contributed by atoms with E-state index >= 15 is 0 Å². The highest BCUT2D eigenvalue weighted by Crippen LogP contribution is 2.19. The van der Waals surface area contributed by atoms with Crippen LogP contribution in [0.5, 0.6) is 0 Å². The molecule has 1 aliphatic rings. The maximum Gasteiger partial charge on any atom is 0.0373 e. The Hall–Kier alpha value is -0.540. The first-order valence-corrected chi connectivity index (χ1v) is 4.96. The number of rotatable bonds is 3. The van der Waals surface area contributed by atoms with Crippen LogP contribution in [0.3, 0.4) is 0 Å². The average molecular weight is 196 g/mol. The number of nitrogens with zero attached hydrogens (tertiary/aromatic N) is 1. The van der Waals surface area contributed by atoms with Crippen LogP contribution < -0.4 is 0 Å². The molecule has 0 aromatic rings. The van der Waals surface area contributed by atoms with Gasteiger partial charge in [-0.15, -0.1) is 6.58 Å². The van der Waals surface area contributed by atoms with E-state index < -0.39 is 0 Å². The van der Waals surface area contributed by atoms with Crippen LogP contribution in [0.25, 0.3) is 0 Å². The summed E-state index contributed by atoms with van der Waals surface area (Å²) in [5.41, 5.74) is 0.796. The summed E-state index contributed by atoms with van der Waals surface area (Å²) in [6.07, 6.45) is 4.77. The average Bonchev–Trinajstić information content (AvgIpc) is 2.47. The first-order valence-electron chi connectivity index (χ1n) is 4.44. The first kappa shape index (κ1) is 10.5. The van der Waals surface area contributed by atoms with Crippen LogP contribution in [-0.4, -0.2) is 29.2 Å². The quantitative estimate of drug-likeness (QED) is 0.525. The summed E-state index contributed by atoms with van der Waals surface area (Å²) < 4.78 is 0. The van der Waals surface area contributed by atoms with Gasteiger partial charge in [-0.1, -0.05) is 12.2 Å². The normalized spacial score (nSPS) is 26.9. The largest absolute Gasteiger partial charge is 0.308 e. The van der Waals surface area contributed by atoms with Gasteiger partial charge in [0.2, 0.25) is 0 Å². The Kier molecular flexibility index (Phi) is 3.75. The summed E-state index contributed by atoms with van der Waals surface area (Å²) in [6.45, 7) is 6.66. The molecule has 0 amide bonds. The van der Waals surface area contributed by atoms with Crippen LogP contribution in [0, 0.1) is 5.41 Å². The van der Waals surface area contributed by atoms with Crippen LogP contribution in [0.1, 0.15) is 13.3 Å². The van der Waals surface area contributed by atoms with Gasteiger partial charge in [0.1, 0.15) is 0 Å². The fraction of sp³-hybridized carbons (Fsp3) is 0.500. The predicted molar refractivity (Wildman–Crippen MR) is 60.6 cm³/mol. The van der Waals surface area contributed by atoms with Gasteiger partial charge in [0, 0.05) is 30.8 Å². The lowest BCUT2D eigenvalue weighted by molar-refractivity contribution is 0.260. The molecule has 0 aliphatic carbocycles. The topological polar surface area (TPSA) is 27.1 Å². The summed E-state index contributed by atoms with van der Waals surface area (Å²) in [6, 6.07) is 0.662. The first-order chi connectivity index (χ1) is 6.19. The van der Waals surface area contributed by atoms with E-state index in [1.54, 1.807) is 5.41 Å². The molecular formula is C10H16N2S. The molecule has 1 aliphatic heterocycles. The number of thiol groups is 1. The van der Waals surface area contributed by atoms with Crippen molar-refractivity contribution in [1.82, 2.24) is 4.90 Å². The molecule has 1 saturated heterocycles. The molecule has 1 fully saturated rings. The van der Waals surface area contributed by atoms with E-state index in [1.807, 2.05) is 12.2 Å². The summed E-state index contributed by atoms with van der Waals surface area (Å²) in [5.74, 6) is 0. The lowest BCUT2D eigenvalue weighted by atomic mass is 10.2. The van der Waals surface area contributed by atoms with Crippen LogP contribution in [0.15, 0.2) is 24.1 Å². The molecular weight excluding hydrogens is 180 g/mol. The maximum atomic E-state index is 7.61. The number of likely N-dealkylation sites (tertiary alicyclic amines) is 1. The Morgan fingerprint density at radius 1 is 1.77 bits per heavy atom. The van der Waals surface area contributed by atoms with Gasteiger partial charge in [-0.05, 0) is 12.3 Å². The van der Waals surface area contributed by atoms with Crippen molar-refractivity contribution in [3.63, 3.8) is 0 Å². The lowest BCUT2D eigenvalue weighted by Gasteiger charge is -2.25. The van der Waals surface area contributed by atoms with Gasteiger partial charge in [0.15, 0.2) is 0 Å². The van der Waals surface area contributed by atoms with Crippen LogP contribution in [-0.2, 0) is 0 Å². The molecule has 0 aromatic heterocycles. The fourth-order valence-electron chi connectivity index (χ4n) is 1.67. The lowest BCUT2D eigenvalue weighted by Crippen LogP contribution is -2.35. The minimum atomic E-state index is 0.326. The van der Waals surface area contributed by atoms with Crippen molar-refractivity contribution >= 4 is 18.3 Å². The molecule has 3 heteroatoms. The van der Waals surface area contributed by atoms with Crippen molar-refractivity contribution in [3.8, 4) is 0 Å². The Bertz CT molecular complexity index is 235. The zero-order chi connectivity index (χ0) is 9.84. The second-order valence-electron chi connectivity index (χ2n) is 3.37. The second kappa shape index (κ2) is 4.63. The van der Waals surface area contributed by atoms with Gasteiger partial charge in [-0.25, -0.2) is 0 Å². The zero-order valence-corrected chi connectivity index (χ0v) is 8.80. The summed E-state index contributed by atoms with van der Waals surface area (Å²) in [5, 5.41) is 9.36. The minimum Gasteiger partial charge on any atom is -0.308 e. The second-order valence-corrected chi connectivity index (χ2v) is 3.66. The number of hydrogen-bond donors (Lipinski definition) is 2. The summed E-state index contributed by atoms with van der Waals surface area (Å²) >= 11 is 4.05. The Morgan fingerprint density at radius 2 is 2.46 bits per heavy atom. The molecule has 0 aromatic carbocycles. The van der Waals surface area contributed by atoms with Crippen molar-refractivity contribution in [3.05, 3.63) is 24.1 Å². The van der Waals surface area contributed by atoms with Crippen LogP contribution in [0.2, 0.25) is 0 Å². The van der Waals surface area contributed by atoms with Gasteiger partial charge >= 0.3 is 0 Å². The molecule has 13 heavy (non-hydrogen) atoms. The highest BCUT2D eigenvalue weighted by atomic mass is 32.1. The predicted octanol–water partition coefficient (Wildman–Crippen LogP) is 2.10. The molecule has 1 heterocycles. The highest BCUT2D eigenvalue weighted by molar-refractivity contribution is 7.83. The third kappa shape index (κ3) is 2.45. The van der Waals surface area contributed by atoms with E-state index in [0.29, 0.717) is 12.1 Å². The Balaban J connectivity index is 2.67. The van der Waals surface area contributed by atoms with E-state index in [-0.39, 0.29) is 0 Å². The van der Waals surface area contributed by atoms with Crippen LogP contribution in [0.4, 0.5) is 0 Å². The monoisotopic (exact) mass is 196 g/mol. The molecule has 1 rings (SSSR count). The third-order valence-corrected chi connectivity index (χ3v) is 2.59. The number of nitrogens with one attached hydrogen (secondary N) is 1. The van der Waals surface area contributed by atoms with E-state index in [1.165, 1.54) is 0 Å². The Morgan fingerprint density at radius 3 is 3.00 bits per heavy atom. The third-order valence-electron chi connectivity index (χ3n) is 2.41. The van der Waals surface area contributed by atoms with Crippen molar-refractivity contribution in [2.75, 3.05) is 6.54 Å². The van der Waals surface area contributed by atoms with Crippen molar-refractivity contribution < 1.29 is 0 Å². The maximum absolute atomic E-state index is 7.61. The van der Waals surface area contributed by atoms with E-state index in [0.717, 1.165) is 18.7 Å². The Labute approximate surface area is 85.2 Å². The molecule has 2 atom stereocenters. The molecule has 2 unspecified atom stereocenters. The molecule has 2 nitrogen and oxygen atoms in total. The fourth-order valence-corrected chi connectivity index (χ4v) is 1.92. The van der Waals surface area contributed by atoms with E-state index in [9.17, 15) is 0 Å². The van der Waals surface area contributed by atoms with E-state index in [4.69, 9.17) is 5.41 Å². The standard InChI is InChI=1S/C10H16N2S/c1-3-10-6-9(11)7-12(10)8(2)4-5-13/h3-5,8,10-11,13H,1,6-7H2,2H3/b5-4+,11-9?. The molecule has 0 saturated carbocycles. The smallest absolute Gasteiger partial charge is 0.0373 e.